The van der Waals surface area contributed by atoms with E-state index >= 15 is 0 Å². The van der Waals surface area contributed by atoms with Gasteiger partial charge < -0.3 is 10.1 Å². The summed E-state index contributed by atoms with van der Waals surface area (Å²) in [6.07, 6.45) is 4.75. The van der Waals surface area contributed by atoms with Crippen molar-refractivity contribution in [3.63, 3.8) is 0 Å². The molecule has 1 aromatic rings. The molecule has 0 saturated heterocycles. The molecule has 0 aromatic carbocycles. The Morgan fingerprint density at radius 2 is 2.11 bits per heavy atom. The third kappa shape index (κ3) is 4.49. The van der Waals surface area contributed by atoms with Crippen molar-refractivity contribution in [1.29, 1.82) is 0 Å². The van der Waals surface area contributed by atoms with Crippen LogP contribution in [0.15, 0.2) is 11.4 Å². The average molecular weight is 269 g/mol. The molecule has 18 heavy (non-hydrogen) atoms. The number of methoxy groups -OCH3 is 1. The Balaban J connectivity index is 2.44. The number of unbranched alkanes of at least 4 members (excludes halogenated alkanes) is 3. The minimum atomic E-state index is -0.411. The monoisotopic (exact) mass is 269 g/mol. The van der Waals surface area contributed by atoms with E-state index in [9.17, 15) is 9.59 Å². The van der Waals surface area contributed by atoms with Gasteiger partial charge in [-0.05, 0) is 17.9 Å². The predicted molar refractivity (Wildman–Crippen MR) is 73.0 cm³/mol. The Kier molecular flexibility index (Phi) is 6.43. The number of carbonyl (C=O) groups excluding carboxylic acids is 2. The SMILES string of the molecule is CCCCCCC(=O)Nc1ccsc1C(=O)OC. The molecule has 0 aliphatic carbocycles. The Labute approximate surface area is 111 Å². The molecule has 0 spiro atoms. The number of ether oxygens (including phenoxy) is 1. The van der Waals surface area contributed by atoms with E-state index in [1.807, 2.05) is 0 Å². The molecule has 0 bridgehead atoms. The number of amides is 1. The average Bonchev–Trinajstić information content (AvgIpc) is 2.82. The topological polar surface area (TPSA) is 55.4 Å². The van der Waals surface area contributed by atoms with E-state index in [0.717, 1.165) is 25.7 Å². The number of anilines is 1. The second kappa shape index (κ2) is 7.87. The van der Waals surface area contributed by atoms with Gasteiger partial charge in [0.1, 0.15) is 4.88 Å². The lowest BCUT2D eigenvalue weighted by atomic mass is 10.1. The molecular formula is C13H19NO3S. The maximum atomic E-state index is 11.7. The fourth-order valence-corrected chi connectivity index (χ4v) is 2.35. The van der Waals surface area contributed by atoms with Gasteiger partial charge in [-0.2, -0.15) is 0 Å². The summed E-state index contributed by atoms with van der Waals surface area (Å²) in [5, 5.41) is 4.52. The lowest BCUT2D eigenvalue weighted by molar-refractivity contribution is -0.116. The van der Waals surface area contributed by atoms with E-state index in [-0.39, 0.29) is 5.91 Å². The summed E-state index contributed by atoms with van der Waals surface area (Å²) in [5.41, 5.74) is 0.548. The fourth-order valence-electron chi connectivity index (χ4n) is 1.58. The second-order valence-electron chi connectivity index (χ2n) is 4.01. The van der Waals surface area contributed by atoms with Gasteiger partial charge in [-0.25, -0.2) is 4.79 Å². The molecular weight excluding hydrogens is 250 g/mol. The number of hydrogen-bond acceptors (Lipinski definition) is 4. The zero-order chi connectivity index (χ0) is 13.4. The molecule has 100 valence electrons. The molecule has 1 N–H and O–H groups in total. The first-order valence-corrected chi connectivity index (χ1v) is 7.02. The van der Waals surface area contributed by atoms with Crippen LogP contribution >= 0.6 is 11.3 Å². The Bertz CT molecular complexity index is 401. The largest absolute Gasteiger partial charge is 0.465 e. The highest BCUT2D eigenvalue weighted by molar-refractivity contribution is 7.12. The van der Waals surface area contributed by atoms with E-state index in [4.69, 9.17) is 0 Å². The van der Waals surface area contributed by atoms with Crippen molar-refractivity contribution in [3.8, 4) is 0 Å². The summed E-state index contributed by atoms with van der Waals surface area (Å²) in [6.45, 7) is 2.13. The Hall–Kier alpha value is -1.36. The maximum Gasteiger partial charge on any atom is 0.350 e. The highest BCUT2D eigenvalue weighted by atomic mass is 32.1. The van der Waals surface area contributed by atoms with Crippen LogP contribution in [0.4, 0.5) is 5.69 Å². The quantitative estimate of drug-likeness (QED) is 0.609. The Morgan fingerprint density at radius 3 is 2.78 bits per heavy atom. The van der Waals surface area contributed by atoms with Gasteiger partial charge in [0.15, 0.2) is 0 Å². The maximum absolute atomic E-state index is 11.7. The number of rotatable bonds is 7. The van der Waals surface area contributed by atoms with Crippen molar-refractivity contribution < 1.29 is 14.3 Å². The van der Waals surface area contributed by atoms with Crippen LogP contribution in [-0.4, -0.2) is 19.0 Å². The van der Waals surface area contributed by atoms with Crippen LogP contribution in [0.25, 0.3) is 0 Å². The summed E-state index contributed by atoms with van der Waals surface area (Å²) in [6, 6.07) is 1.72. The molecule has 0 radical (unpaired) electrons. The van der Waals surface area contributed by atoms with Gasteiger partial charge in [0.25, 0.3) is 0 Å². The third-order valence-electron chi connectivity index (χ3n) is 2.57. The molecule has 1 heterocycles. The van der Waals surface area contributed by atoms with Crippen molar-refractivity contribution in [1.82, 2.24) is 0 Å². The first kappa shape index (κ1) is 14.7. The van der Waals surface area contributed by atoms with Crippen molar-refractivity contribution in [2.45, 2.75) is 39.0 Å². The van der Waals surface area contributed by atoms with Gasteiger partial charge in [-0.1, -0.05) is 26.2 Å². The number of hydrogen-bond donors (Lipinski definition) is 1. The molecule has 5 heteroatoms. The smallest absolute Gasteiger partial charge is 0.350 e. The van der Waals surface area contributed by atoms with E-state index in [1.54, 1.807) is 11.4 Å². The number of esters is 1. The zero-order valence-corrected chi connectivity index (χ0v) is 11.6. The normalized spacial score (nSPS) is 10.1. The number of carbonyl (C=O) groups is 2. The molecule has 1 amide bonds. The minimum absolute atomic E-state index is 0.0466. The van der Waals surface area contributed by atoms with Crippen molar-refractivity contribution in [3.05, 3.63) is 16.3 Å². The number of thiophene rings is 1. The molecule has 1 rings (SSSR count). The summed E-state index contributed by atoms with van der Waals surface area (Å²) in [7, 11) is 1.33. The molecule has 1 aromatic heterocycles. The first-order valence-electron chi connectivity index (χ1n) is 6.14. The first-order chi connectivity index (χ1) is 8.69. The molecule has 0 aliphatic heterocycles. The van der Waals surface area contributed by atoms with E-state index in [1.165, 1.54) is 18.4 Å². The van der Waals surface area contributed by atoms with E-state index < -0.39 is 5.97 Å². The molecule has 4 nitrogen and oxygen atoms in total. The van der Waals surface area contributed by atoms with Crippen LogP contribution in [0.1, 0.15) is 48.7 Å². The van der Waals surface area contributed by atoms with Crippen LogP contribution in [0, 0.1) is 0 Å². The summed E-state index contributed by atoms with van der Waals surface area (Å²) >= 11 is 1.27. The van der Waals surface area contributed by atoms with E-state index in [0.29, 0.717) is 17.0 Å². The predicted octanol–water partition coefficient (Wildman–Crippen LogP) is 3.44. The molecule has 0 atom stereocenters. The molecule has 0 saturated carbocycles. The lowest BCUT2D eigenvalue weighted by Gasteiger charge is -2.05. The summed E-state index contributed by atoms with van der Waals surface area (Å²) in [4.78, 5) is 23.5. The van der Waals surface area contributed by atoms with Gasteiger partial charge >= 0.3 is 5.97 Å². The third-order valence-corrected chi connectivity index (χ3v) is 3.46. The van der Waals surface area contributed by atoms with Crippen LogP contribution in [0.2, 0.25) is 0 Å². The van der Waals surface area contributed by atoms with E-state index in [2.05, 4.69) is 17.0 Å². The van der Waals surface area contributed by atoms with Gasteiger partial charge in [0, 0.05) is 6.42 Å². The van der Waals surface area contributed by atoms with Crippen molar-refractivity contribution >= 4 is 28.9 Å². The van der Waals surface area contributed by atoms with Crippen LogP contribution in [0.5, 0.6) is 0 Å². The highest BCUT2D eigenvalue weighted by Crippen LogP contribution is 2.23. The van der Waals surface area contributed by atoms with Gasteiger partial charge in [0.05, 0.1) is 12.8 Å². The zero-order valence-electron chi connectivity index (χ0n) is 10.8. The lowest BCUT2D eigenvalue weighted by Crippen LogP contribution is -2.13. The van der Waals surface area contributed by atoms with Crippen LogP contribution in [0.3, 0.4) is 0 Å². The molecule has 0 aliphatic rings. The number of nitrogens with one attached hydrogen (secondary N) is 1. The van der Waals surface area contributed by atoms with Gasteiger partial charge in [-0.15, -0.1) is 11.3 Å². The van der Waals surface area contributed by atoms with Crippen LogP contribution < -0.4 is 5.32 Å². The van der Waals surface area contributed by atoms with Gasteiger partial charge in [-0.3, -0.25) is 4.79 Å². The van der Waals surface area contributed by atoms with Crippen LogP contribution in [-0.2, 0) is 9.53 Å². The molecule has 0 fully saturated rings. The van der Waals surface area contributed by atoms with Crippen molar-refractivity contribution in [2.75, 3.05) is 12.4 Å². The summed E-state index contributed by atoms with van der Waals surface area (Å²) in [5.74, 6) is -0.457. The summed E-state index contributed by atoms with van der Waals surface area (Å²) < 4.78 is 4.65. The van der Waals surface area contributed by atoms with Crippen molar-refractivity contribution in [2.24, 2.45) is 0 Å². The second-order valence-corrected chi connectivity index (χ2v) is 4.93. The minimum Gasteiger partial charge on any atom is -0.465 e. The van der Waals surface area contributed by atoms with Gasteiger partial charge in [0.2, 0.25) is 5.91 Å². The standard InChI is InChI=1S/C13H19NO3S/c1-3-4-5-6-7-11(15)14-10-8-9-18-12(10)13(16)17-2/h8-9H,3-7H2,1-2H3,(H,14,15). The highest BCUT2D eigenvalue weighted by Gasteiger charge is 2.15. The molecule has 0 unspecified atom stereocenters. The Morgan fingerprint density at radius 1 is 1.33 bits per heavy atom. The fraction of sp³-hybridized carbons (Fsp3) is 0.538.